The van der Waals surface area contributed by atoms with Crippen LogP contribution in [0.2, 0.25) is 0 Å². The average Bonchev–Trinajstić information content (AvgIpc) is 2.40. The van der Waals surface area contributed by atoms with Crippen molar-refractivity contribution in [1.82, 2.24) is 14.5 Å². The fourth-order valence-electron chi connectivity index (χ4n) is 2.73. The number of aromatic nitrogens is 2. The summed E-state index contributed by atoms with van der Waals surface area (Å²) in [7, 11) is 2.05. The fourth-order valence-corrected chi connectivity index (χ4v) is 2.73. The van der Waals surface area contributed by atoms with Gasteiger partial charge in [0.2, 0.25) is 0 Å². The van der Waals surface area contributed by atoms with E-state index >= 15 is 0 Å². The summed E-state index contributed by atoms with van der Waals surface area (Å²) in [4.78, 5) is 18.9. The Morgan fingerprint density at radius 3 is 3.05 bits per heavy atom. The summed E-state index contributed by atoms with van der Waals surface area (Å²) in [5.41, 5.74) is 0.400. The zero-order valence-corrected chi connectivity index (χ0v) is 10.8. The number of hydrogen-bond acceptors (Lipinski definition) is 3. The number of likely N-dealkylation sites (tertiary alicyclic amines) is 1. The van der Waals surface area contributed by atoms with Crippen LogP contribution in [0.3, 0.4) is 0 Å². The van der Waals surface area contributed by atoms with Crippen LogP contribution in [-0.4, -0.2) is 34.6 Å². The van der Waals surface area contributed by atoms with E-state index in [1.54, 1.807) is 17.0 Å². The molecule has 1 saturated heterocycles. The molecule has 5 heteroatoms. The number of nitrogens with zero attached hydrogens (tertiary/aromatic N) is 3. The van der Waals surface area contributed by atoms with Crippen LogP contribution in [0.15, 0.2) is 29.3 Å². The van der Waals surface area contributed by atoms with Gasteiger partial charge in [-0.2, -0.15) is 0 Å². The zero-order valence-electron chi connectivity index (χ0n) is 10.8. The SMILES string of the molecule is CN1CCC[C@@H](n2cnc3ccc(F)cc3c2=O)C1. The Morgan fingerprint density at radius 2 is 2.26 bits per heavy atom. The van der Waals surface area contributed by atoms with Crippen molar-refractivity contribution in [2.24, 2.45) is 0 Å². The summed E-state index contributed by atoms with van der Waals surface area (Å²) in [6.07, 6.45) is 3.62. The molecule has 1 aromatic carbocycles. The van der Waals surface area contributed by atoms with Crippen LogP contribution in [0.1, 0.15) is 18.9 Å². The summed E-state index contributed by atoms with van der Waals surface area (Å²) in [5.74, 6) is -0.398. The molecule has 0 aliphatic carbocycles. The lowest BCUT2D eigenvalue weighted by Gasteiger charge is -2.30. The van der Waals surface area contributed by atoms with Gasteiger partial charge in [0, 0.05) is 6.54 Å². The first-order chi connectivity index (χ1) is 9.15. The van der Waals surface area contributed by atoms with Gasteiger partial charge in [0.25, 0.3) is 5.56 Å². The highest BCUT2D eigenvalue weighted by atomic mass is 19.1. The Kier molecular flexibility index (Phi) is 3.06. The molecule has 0 unspecified atom stereocenters. The smallest absolute Gasteiger partial charge is 0.261 e. The first-order valence-electron chi connectivity index (χ1n) is 6.50. The van der Waals surface area contributed by atoms with E-state index in [1.807, 2.05) is 7.05 Å². The number of hydrogen-bond donors (Lipinski definition) is 0. The van der Waals surface area contributed by atoms with E-state index in [0.29, 0.717) is 10.9 Å². The lowest BCUT2D eigenvalue weighted by molar-refractivity contribution is 0.209. The third-order valence-corrected chi connectivity index (χ3v) is 3.74. The monoisotopic (exact) mass is 261 g/mol. The topological polar surface area (TPSA) is 38.1 Å². The molecule has 0 N–H and O–H groups in total. The van der Waals surface area contributed by atoms with Crippen LogP contribution in [0, 0.1) is 5.82 Å². The maximum atomic E-state index is 13.3. The summed E-state index contributed by atoms with van der Waals surface area (Å²) < 4.78 is 14.9. The molecular formula is C14H16FN3O. The number of halogens is 1. The summed E-state index contributed by atoms with van der Waals surface area (Å²) in [6.45, 7) is 1.89. The summed E-state index contributed by atoms with van der Waals surface area (Å²) in [5, 5.41) is 0.357. The molecule has 0 spiro atoms. The minimum Gasteiger partial charge on any atom is -0.304 e. The minimum atomic E-state index is -0.398. The van der Waals surface area contributed by atoms with Crippen LogP contribution < -0.4 is 5.56 Å². The van der Waals surface area contributed by atoms with Crippen molar-refractivity contribution in [3.05, 3.63) is 40.7 Å². The lowest BCUT2D eigenvalue weighted by Crippen LogP contribution is -2.37. The molecule has 0 radical (unpaired) electrons. The second kappa shape index (κ2) is 4.74. The predicted octanol–water partition coefficient (Wildman–Crippen LogP) is 1.80. The lowest BCUT2D eigenvalue weighted by atomic mass is 10.1. The largest absolute Gasteiger partial charge is 0.304 e. The first-order valence-corrected chi connectivity index (χ1v) is 6.50. The quantitative estimate of drug-likeness (QED) is 0.785. The van der Waals surface area contributed by atoms with Gasteiger partial charge >= 0.3 is 0 Å². The van der Waals surface area contributed by atoms with Crippen molar-refractivity contribution < 1.29 is 4.39 Å². The average molecular weight is 261 g/mol. The van der Waals surface area contributed by atoms with Gasteiger partial charge in [0.15, 0.2) is 0 Å². The number of likely N-dealkylation sites (N-methyl/N-ethyl adjacent to an activating group) is 1. The molecule has 0 saturated carbocycles. The molecule has 1 aliphatic heterocycles. The maximum absolute atomic E-state index is 13.3. The van der Waals surface area contributed by atoms with Crippen LogP contribution in [0.25, 0.3) is 10.9 Å². The van der Waals surface area contributed by atoms with E-state index in [4.69, 9.17) is 0 Å². The van der Waals surface area contributed by atoms with E-state index in [0.717, 1.165) is 25.9 Å². The molecular weight excluding hydrogens is 245 g/mol. The molecule has 1 aliphatic rings. The van der Waals surface area contributed by atoms with Gasteiger partial charge in [-0.15, -0.1) is 0 Å². The first kappa shape index (κ1) is 12.3. The van der Waals surface area contributed by atoms with Gasteiger partial charge in [0.05, 0.1) is 23.3 Å². The van der Waals surface area contributed by atoms with Gasteiger partial charge < -0.3 is 4.90 Å². The normalized spacial score (nSPS) is 20.8. The van der Waals surface area contributed by atoms with E-state index in [-0.39, 0.29) is 11.6 Å². The molecule has 19 heavy (non-hydrogen) atoms. The number of fused-ring (bicyclic) bond motifs is 1. The Hall–Kier alpha value is -1.75. The van der Waals surface area contributed by atoms with Crippen LogP contribution >= 0.6 is 0 Å². The maximum Gasteiger partial charge on any atom is 0.261 e. The molecule has 2 heterocycles. The Bertz CT molecular complexity index is 667. The van der Waals surface area contributed by atoms with Crippen molar-refractivity contribution in [2.75, 3.05) is 20.1 Å². The van der Waals surface area contributed by atoms with Crippen molar-refractivity contribution in [3.63, 3.8) is 0 Å². The highest BCUT2D eigenvalue weighted by Gasteiger charge is 2.20. The van der Waals surface area contributed by atoms with E-state index in [1.165, 1.54) is 12.1 Å². The minimum absolute atomic E-state index is 0.131. The van der Waals surface area contributed by atoms with Crippen LogP contribution in [0.4, 0.5) is 4.39 Å². The molecule has 0 amide bonds. The molecule has 1 fully saturated rings. The predicted molar refractivity (Wildman–Crippen MR) is 71.7 cm³/mol. The van der Waals surface area contributed by atoms with Crippen LogP contribution in [0.5, 0.6) is 0 Å². The van der Waals surface area contributed by atoms with Gasteiger partial charge in [-0.3, -0.25) is 9.36 Å². The van der Waals surface area contributed by atoms with Crippen molar-refractivity contribution in [1.29, 1.82) is 0 Å². The standard InChI is InChI=1S/C14H16FN3O/c1-17-6-2-3-11(8-17)18-9-16-13-5-4-10(15)7-12(13)14(18)19/h4-5,7,9,11H,2-3,6,8H2,1H3/t11-/m1/s1. The molecule has 4 nitrogen and oxygen atoms in total. The van der Waals surface area contributed by atoms with Crippen molar-refractivity contribution in [3.8, 4) is 0 Å². The fraction of sp³-hybridized carbons (Fsp3) is 0.429. The third kappa shape index (κ3) is 2.26. The molecule has 1 aromatic heterocycles. The van der Waals surface area contributed by atoms with Gasteiger partial charge in [-0.05, 0) is 44.6 Å². The number of piperidine rings is 1. The molecule has 3 rings (SSSR count). The molecule has 1 atom stereocenters. The molecule has 2 aromatic rings. The van der Waals surface area contributed by atoms with Gasteiger partial charge in [-0.1, -0.05) is 0 Å². The third-order valence-electron chi connectivity index (χ3n) is 3.74. The summed E-state index contributed by atoms with van der Waals surface area (Å²) >= 11 is 0. The van der Waals surface area contributed by atoms with Gasteiger partial charge in [0.1, 0.15) is 5.82 Å². The van der Waals surface area contributed by atoms with E-state index < -0.39 is 5.82 Å². The highest BCUT2D eigenvalue weighted by molar-refractivity contribution is 5.77. The number of benzene rings is 1. The van der Waals surface area contributed by atoms with Crippen LogP contribution in [-0.2, 0) is 0 Å². The van der Waals surface area contributed by atoms with E-state index in [2.05, 4.69) is 9.88 Å². The zero-order chi connectivity index (χ0) is 13.4. The van der Waals surface area contributed by atoms with Crippen molar-refractivity contribution in [2.45, 2.75) is 18.9 Å². The van der Waals surface area contributed by atoms with Gasteiger partial charge in [-0.25, -0.2) is 9.37 Å². The second-order valence-corrected chi connectivity index (χ2v) is 5.18. The van der Waals surface area contributed by atoms with E-state index in [9.17, 15) is 9.18 Å². The molecule has 0 bridgehead atoms. The Balaban J connectivity index is 2.09. The summed E-state index contributed by atoms with van der Waals surface area (Å²) in [6, 6.07) is 4.27. The van der Waals surface area contributed by atoms with Crippen molar-refractivity contribution >= 4 is 10.9 Å². The Morgan fingerprint density at radius 1 is 1.42 bits per heavy atom. The second-order valence-electron chi connectivity index (χ2n) is 5.18. The number of rotatable bonds is 1. The molecule has 100 valence electrons. The highest BCUT2D eigenvalue weighted by Crippen LogP contribution is 2.19. The Labute approximate surface area is 110 Å².